The fourth-order valence-corrected chi connectivity index (χ4v) is 4.09. The molecule has 1 fully saturated rings. The topological polar surface area (TPSA) is 61.9 Å². The van der Waals surface area contributed by atoms with Gasteiger partial charge >= 0.3 is 0 Å². The van der Waals surface area contributed by atoms with Crippen molar-refractivity contribution in [1.82, 2.24) is 5.32 Å². The molecule has 2 aromatic carbocycles. The molecule has 0 spiro atoms. The number of nitrogens with zero attached hydrogens (tertiary/aromatic N) is 2. The number of halogens is 1. The molecule has 2 amide bonds. The van der Waals surface area contributed by atoms with Gasteiger partial charge in [-0.15, -0.1) is 0 Å². The maximum atomic E-state index is 14.3. The Hall–Kier alpha value is -3.09. The van der Waals surface area contributed by atoms with E-state index in [-0.39, 0.29) is 36.7 Å². The Morgan fingerprint density at radius 1 is 1.23 bits per heavy atom. The third-order valence-electron chi connectivity index (χ3n) is 5.60. The van der Waals surface area contributed by atoms with Gasteiger partial charge < -0.3 is 19.9 Å². The summed E-state index contributed by atoms with van der Waals surface area (Å²) in [7, 11) is 0. The van der Waals surface area contributed by atoms with Crippen LogP contribution in [-0.2, 0) is 9.59 Å². The normalized spacial score (nSPS) is 18.6. The van der Waals surface area contributed by atoms with Crippen LogP contribution in [0.2, 0.25) is 0 Å². The fraction of sp³-hybridized carbons (Fsp3) is 0.391. The molecule has 4 rings (SSSR count). The van der Waals surface area contributed by atoms with Crippen LogP contribution in [0.4, 0.5) is 15.8 Å². The number of carbonyl (C=O) groups is 2. The summed E-state index contributed by atoms with van der Waals surface area (Å²) in [5.74, 6) is 0.154. The van der Waals surface area contributed by atoms with Crippen molar-refractivity contribution < 1.29 is 18.7 Å². The van der Waals surface area contributed by atoms with Crippen molar-refractivity contribution in [3.63, 3.8) is 0 Å². The smallest absolute Gasteiger partial charge is 0.265 e. The second-order valence-corrected chi connectivity index (χ2v) is 7.86. The Bertz CT molecular complexity index is 949. The molecule has 0 aromatic heterocycles. The molecule has 0 bridgehead atoms. The Kier molecular flexibility index (Phi) is 5.88. The second-order valence-electron chi connectivity index (χ2n) is 7.86. The van der Waals surface area contributed by atoms with Crippen LogP contribution in [0.3, 0.4) is 0 Å². The number of ether oxygens (including phenoxy) is 1. The SMILES string of the molecule is Cc1ccc(F)c(N2CCCC(NC(=O)CCN3C(=O)COc4ccccc43)C2)c1. The first-order valence-corrected chi connectivity index (χ1v) is 10.3. The van der Waals surface area contributed by atoms with Crippen LogP contribution in [0, 0.1) is 12.7 Å². The van der Waals surface area contributed by atoms with Gasteiger partial charge in [0.15, 0.2) is 6.61 Å². The van der Waals surface area contributed by atoms with Gasteiger partial charge in [-0.3, -0.25) is 9.59 Å². The van der Waals surface area contributed by atoms with Crippen LogP contribution in [-0.4, -0.2) is 44.1 Å². The predicted molar refractivity (Wildman–Crippen MR) is 113 cm³/mol. The number of para-hydroxylation sites is 2. The Morgan fingerprint density at radius 2 is 2.07 bits per heavy atom. The maximum absolute atomic E-state index is 14.3. The highest BCUT2D eigenvalue weighted by Gasteiger charge is 2.27. The van der Waals surface area contributed by atoms with E-state index in [1.807, 2.05) is 42.2 Å². The minimum Gasteiger partial charge on any atom is -0.482 e. The lowest BCUT2D eigenvalue weighted by atomic mass is 10.0. The Morgan fingerprint density at radius 3 is 2.93 bits per heavy atom. The van der Waals surface area contributed by atoms with E-state index in [2.05, 4.69) is 5.32 Å². The van der Waals surface area contributed by atoms with E-state index in [1.165, 1.54) is 6.07 Å². The number of aryl methyl sites for hydroxylation is 1. The Labute approximate surface area is 175 Å². The van der Waals surface area contributed by atoms with E-state index in [1.54, 1.807) is 11.0 Å². The molecule has 30 heavy (non-hydrogen) atoms. The first-order valence-electron chi connectivity index (χ1n) is 10.3. The summed E-state index contributed by atoms with van der Waals surface area (Å²) < 4.78 is 19.7. The number of carbonyl (C=O) groups excluding carboxylic acids is 2. The van der Waals surface area contributed by atoms with Gasteiger partial charge in [-0.25, -0.2) is 4.39 Å². The lowest BCUT2D eigenvalue weighted by Crippen LogP contribution is -2.49. The van der Waals surface area contributed by atoms with Gasteiger partial charge in [0.05, 0.1) is 11.4 Å². The molecular weight excluding hydrogens is 385 g/mol. The van der Waals surface area contributed by atoms with Gasteiger partial charge in [0.2, 0.25) is 5.91 Å². The molecule has 1 saturated heterocycles. The van der Waals surface area contributed by atoms with E-state index in [9.17, 15) is 14.0 Å². The van der Waals surface area contributed by atoms with Crippen LogP contribution in [0.15, 0.2) is 42.5 Å². The molecule has 2 aliphatic rings. The highest BCUT2D eigenvalue weighted by atomic mass is 19.1. The zero-order valence-electron chi connectivity index (χ0n) is 17.1. The van der Waals surface area contributed by atoms with Gasteiger partial charge in [0.1, 0.15) is 11.6 Å². The average molecular weight is 411 g/mol. The van der Waals surface area contributed by atoms with Crippen molar-refractivity contribution >= 4 is 23.2 Å². The molecule has 0 aliphatic carbocycles. The van der Waals surface area contributed by atoms with Gasteiger partial charge in [-0.05, 0) is 49.6 Å². The highest BCUT2D eigenvalue weighted by molar-refractivity contribution is 5.98. The predicted octanol–water partition coefficient (Wildman–Crippen LogP) is 3.03. The van der Waals surface area contributed by atoms with Crippen LogP contribution >= 0.6 is 0 Å². The van der Waals surface area contributed by atoms with E-state index >= 15 is 0 Å². The number of benzene rings is 2. The van der Waals surface area contributed by atoms with E-state index in [4.69, 9.17) is 4.74 Å². The quantitative estimate of drug-likeness (QED) is 0.822. The van der Waals surface area contributed by atoms with E-state index in [0.29, 0.717) is 30.2 Å². The van der Waals surface area contributed by atoms with Crippen molar-refractivity contribution in [2.24, 2.45) is 0 Å². The molecule has 1 N–H and O–H groups in total. The minimum atomic E-state index is -0.239. The summed E-state index contributed by atoms with van der Waals surface area (Å²) in [5, 5.41) is 3.06. The van der Waals surface area contributed by atoms with Crippen LogP contribution in [0.1, 0.15) is 24.8 Å². The monoisotopic (exact) mass is 411 g/mol. The van der Waals surface area contributed by atoms with Crippen LogP contribution < -0.4 is 19.9 Å². The average Bonchev–Trinajstić information content (AvgIpc) is 2.75. The maximum Gasteiger partial charge on any atom is 0.265 e. The standard InChI is InChI=1S/C23H26FN3O3/c1-16-8-9-18(24)20(13-16)26-11-4-5-17(14-26)25-22(28)10-12-27-19-6-2-3-7-21(19)30-15-23(27)29/h2-3,6-9,13,17H,4-5,10-12,14-15H2,1H3,(H,25,28). The number of anilines is 2. The molecule has 6 nitrogen and oxygen atoms in total. The van der Waals surface area contributed by atoms with Gasteiger partial charge in [0.25, 0.3) is 5.91 Å². The number of hydrogen-bond donors (Lipinski definition) is 1. The third kappa shape index (κ3) is 4.40. The molecule has 1 unspecified atom stereocenters. The summed E-state index contributed by atoms with van der Waals surface area (Å²) in [6, 6.07) is 12.4. The van der Waals surface area contributed by atoms with Gasteiger partial charge in [-0.1, -0.05) is 18.2 Å². The minimum absolute atomic E-state index is 0.0156. The molecule has 0 saturated carbocycles. The summed E-state index contributed by atoms with van der Waals surface area (Å²) in [6.07, 6.45) is 1.94. The first kappa shape index (κ1) is 20.2. The summed E-state index contributed by atoms with van der Waals surface area (Å²) in [6.45, 7) is 3.57. The number of nitrogens with one attached hydrogen (secondary N) is 1. The highest BCUT2D eigenvalue weighted by Crippen LogP contribution is 2.31. The van der Waals surface area contributed by atoms with Gasteiger partial charge in [-0.2, -0.15) is 0 Å². The van der Waals surface area contributed by atoms with Gasteiger partial charge in [0, 0.05) is 32.1 Å². The molecule has 158 valence electrons. The number of amides is 2. The molecule has 2 aromatic rings. The van der Waals surface area contributed by atoms with E-state index in [0.717, 1.165) is 24.9 Å². The lowest BCUT2D eigenvalue weighted by molar-refractivity contribution is -0.122. The number of rotatable bonds is 5. The number of piperidine rings is 1. The molecular formula is C23H26FN3O3. The summed E-state index contributed by atoms with van der Waals surface area (Å²) in [4.78, 5) is 28.4. The number of fused-ring (bicyclic) bond motifs is 1. The first-order chi connectivity index (χ1) is 14.5. The van der Waals surface area contributed by atoms with Crippen molar-refractivity contribution in [3.05, 3.63) is 53.8 Å². The zero-order chi connectivity index (χ0) is 21.1. The van der Waals surface area contributed by atoms with Crippen molar-refractivity contribution in [1.29, 1.82) is 0 Å². The molecule has 2 heterocycles. The molecule has 2 aliphatic heterocycles. The third-order valence-corrected chi connectivity index (χ3v) is 5.60. The van der Waals surface area contributed by atoms with E-state index < -0.39 is 0 Å². The van der Waals surface area contributed by atoms with Crippen molar-refractivity contribution in [2.45, 2.75) is 32.2 Å². The number of hydrogen-bond acceptors (Lipinski definition) is 4. The molecule has 0 radical (unpaired) electrons. The van der Waals surface area contributed by atoms with Crippen molar-refractivity contribution in [3.8, 4) is 5.75 Å². The molecule has 7 heteroatoms. The van der Waals surface area contributed by atoms with Crippen LogP contribution in [0.25, 0.3) is 0 Å². The largest absolute Gasteiger partial charge is 0.482 e. The van der Waals surface area contributed by atoms with Crippen molar-refractivity contribution in [2.75, 3.05) is 36.0 Å². The summed E-state index contributed by atoms with van der Waals surface area (Å²) >= 11 is 0. The fourth-order valence-electron chi connectivity index (χ4n) is 4.09. The van der Waals surface area contributed by atoms with Crippen LogP contribution in [0.5, 0.6) is 5.75 Å². The zero-order valence-corrected chi connectivity index (χ0v) is 17.1. The summed E-state index contributed by atoms with van der Waals surface area (Å²) in [5.41, 5.74) is 2.29. The molecule has 1 atom stereocenters. The Balaban J connectivity index is 1.34. The lowest BCUT2D eigenvalue weighted by Gasteiger charge is -2.35. The second kappa shape index (κ2) is 8.73.